The fourth-order valence-electron chi connectivity index (χ4n) is 2.47. The number of hydrogen-bond acceptors (Lipinski definition) is 1. The van der Waals surface area contributed by atoms with Gasteiger partial charge < -0.3 is 5.32 Å². The SMILES string of the molecule is Cc1ccc(NCC2(F)CCCCC2)cc1C. The van der Waals surface area contributed by atoms with Gasteiger partial charge in [-0.25, -0.2) is 4.39 Å². The molecule has 0 aliphatic heterocycles. The molecule has 2 rings (SSSR count). The van der Waals surface area contributed by atoms with Crippen LogP contribution >= 0.6 is 0 Å². The van der Waals surface area contributed by atoms with Gasteiger partial charge in [-0.05, 0) is 49.9 Å². The molecule has 0 radical (unpaired) electrons. The number of rotatable bonds is 3. The van der Waals surface area contributed by atoms with E-state index in [1.54, 1.807) is 0 Å². The van der Waals surface area contributed by atoms with Crippen molar-refractivity contribution in [1.82, 2.24) is 0 Å². The monoisotopic (exact) mass is 235 g/mol. The van der Waals surface area contributed by atoms with Crippen molar-refractivity contribution in [1.29, 1.82) is 0 Å². The highest BCUT2D eigenvalue weighted by atomic mass is 19.1. The van der Waals surface area contributed by atoms with Crippen LogP contribution < -0.4 is 5.32 Å². The molecule has 0 atom stereocenters. The molecule has 1 aromatic carbocycles. The van der Waals surface area contributed by atoms with Crippen LogP contribution in [0.2, 0.25) is 0 Å². The fourth-order valence-corrected chi connectivity index (χ4v) is 2.47. The summed E-state index contributed by atoms with van der Waals surface area (Å²) >= 11 is 0. The van der Waals surface area contributed by atoms with Gasteiger partial charge in [-0.1, -0.05) is 25.3 Å². The van der Waals surface area contributed by atoms with Gasteiger partial charge >= 0.3 is 0 Å². The van der Waals surface area contributed by atoms with Crippen LogP contribution in [0.15, 0.2) is 18.2 Å². The van der Waals surface area contributed by atoms with Gasteiger partial charge in [0.25, 0.3) is 0 Å². The van der Waals surface area contributed by atoms with Gasteiger partial charge in [0.05, 0.1) is 0 Å². The van der Waals surface area contributed by atoms with Crippen LogP contribution in [-0.2, 0) is 0 Å². The molecule has 94 valence electrons. The Bertz CT molecular complexity index is 381. The molecular weight excluding hydrogens is 213 g/mol. The van der Waals surface area contributed by atoms with Crippen molar-refractivity contribution in [3.05, 3.63) is 29.3 Å². The van der Waals surface area contributed by atoms with Gasteiger partial charge in [0.15, 0.2) is 0 Å². The summed E-state index contributed by atoms with van der Waals surface area (Å²) in [5, 5.41) is 3.25. The van der Waals surface area contributed by atoms with Crippen molar-refractivity contribution in [3.63, 3.8) is 0 Å². The van der Waals surface area contributed by atoms with Crippen molar-refractivity contribution in [2.24, 2.45) is 0 Å². The second kappa shape index (κ2) is 5.07. The maximum atomic E-state index is 14.4. The second-order valence-electron chi connectivity index (χ2n) is 5.36. The number of benzene rings is 1. The van der Waals surface area contributed by atoms with Crippen LogP contribution in [0.1, 0.15) is 43.2 Å². The molecular formula is C15H22FN. The van der Waals surface area contributed by atoms with E-state index in [1.807, 2.05) is 6.07 Å². The lowest BCUT2D eigenvalue weighted by Gasteiger charge is -2.30. The smallest absolute Gasteiger partial charge is 0.128 e. The Morgan fingerprint density at radius 2 is 1.82 bits per heavy atom. The lowest BCUT2D eigenvalue weighted by Crippen LogP contribution is -2.34. The second-order valence-corrected chi connectivity index (χ2v) is 5.36. The highest BCUT2D eigenvalue weighted by molar-refractivity contribution is 5.48. The van der Waals surface area contributed by atoms with Crippen molar-refractivity contribution in [3.8, 4) is 0 Å². The third kappa shape index (κ3) is 3.21. The first-order valence-corrected chi connectivity index (χ1v) is 6.59. The minimum Gasteiger partial charge on any atom is -0.382 e. The van der Waals surface area contributed by atoms with Crippen molar-refractivity contribution in [2.75, 3.05) is 11.9 Å². The Morgan fingerprint density at radius 3 is 2.47 bits per heavy atom. The molecule has 0 heterocycles. The third-order valence-electron chi connectivity index (χ3n) is 3.87. The summed E-state index contributed by atoms with van der Waals surface area (Å²) in [5.74, 6) is 0. The lowest BCUT2D eigenvalue weighted by molar-refractivity contribution is 0.122. The third-order valence-corrected chi connectivity index (χ3v) is 3.87. The zero-order chi connectivity index (χ0) is 12.3. The molecule has 1 nitrogen and oxygen atoms in total. The van der Waals surface area contributed by atoms with E-state index in [9.17, 15) is 4.39 Å². The first-order chi connectivity index (χ1) is 8.09. The zero-order valence-corrected chi connectivity index (χ0v) is 10.9. The van der Waals surface area contributed by atoms with E-state index in [0.717, 1.165) is 18.5 Å². The van der Waals surface area contributed by atoms with Gasteiger partial charge in [0, 0.05) is 12.2 Å². The summed E-state index contributed by atoms with van der Waals surface area (Å²) in [6.45, 7) is 4.64. The largest absolute Gasteiger partial charge is 0.382 e. The van der Waals surface area contributed by atoms with Gasteiger partial charge in [-0.15, -0.1) is 0 Å². The highest BCUT2D eigenvalue weighted by Crippen LogP contribution is 2.32. The van der Waals surface area contributed by atoms with Gasteiger partial charge in [0.1, 0.15) is 5.67 Å². The standard InChI is InChI=1S/C15H22FN/c1-12-6-7-14(10-13(12)2)17-11-15(16)8-4-3-5-9-15/h6-7,10,17H,3-5,8-9,11H2,1-2H3. The van der Waals surface area contributed by atoms with Crippen molar-refractivity contribution >= 4 is 5.69 Å². The van der Waals surface area contributed by atoms with Gasteiger partial charge in [-0.2, -0.15) is 0 Å². The Hall–Kier alpha value is -1.05. The molecule has 0 saturated heterocycles. The van der Waals surface area contributed by atoms with Crippen LogP contribution in [-0.4, -0.2) is 12.2 Å². The maximum absolute atomic E-state index is 14.4. The molecule has 1 aliphatic carbocycles. The quantitative estimate of drug-likeness (QED) is 0.819. The number of halogens is 1. The molecule has 0 spiro atoms. The van der Waals surface area contributed by atoms with E-state index < -0.39 is 5.67 Å². The van der Waals surface area contributed by atoms with Crippen LogP contribution in [0.3, 0.4) is 0 Å². The van der Waals surface area contributed by atoms with E-state index in [0.29, 0.717) is 19.4 Å². The Balaban J connectivity index is 1.94. The number of alkyl halides is 1. The molecule has 0 amide bonds. The summed E-state index contributed by atoms with van der Waals surface area (Å²) in [4.78, 5) is 0. The lowest BCUT2D eigenvalue weighted by atomic mass is 9.86. The molecule has 0 unspecified atom stereocenters. The van der Waals surface area contributed by atoms with Crippen LogP contribution in [0.5, 0.6) is 0 Å². The molecule has 1 fully saturated rings. The summed E-state index contributed by atoms with van der Waals surface area (Å²) in [6, 6.07) is 6.22. The molecule has 1 N–H and O–H groups in total. The summed E-state index contributed by atoms with van der Waals surface area (Å²) in [5.41, 5.74) is 2.59. The maximum Gasteiger partial charge on any atom is 0.128 e. The van der Waals surface area contributed by atoms with Crippen LogP contribution in [0, 0.1) is 13.8 Å². The average Bonchev–Trinajstić information content (AvgIpc) is 2.32. The number of nitrogens with one attached hydrogen (secondary N) is 1. The molecule has 1 saturated carbocycles. The summed E-state index contributed by atoms with van der Waals surface area (Å²) < 4.78 is 14.4. The van der Waals surface area contributed by atoms with E-state index in [2.05, 4.69) is 31.3 Å². The Kier molecular flexibility index (Phi) is 3.70. The average molecular weight is 235 g/mol. The Morgan fingerprint density at radius 1 is 1.12 bits per heavy atom. The van der Waals surface area contributed by atoms with Crippen LogP contribution in [0.25, 0.3) is 0 Å². The number of anilines is 1. The molecule has 0 aromatic heterocycles. The minimum absolute atomic E-state index is 0.454. The predicted octanol–water partition coefficient (Wildman–Crippen LogP) is 4.39. The van der Waals surface area contributed by atoms with Gasteiger partial charge in [-0.3, -0.25) is 0 Å². The summed E-state index contributed by atoms with van der Waals surface area (Å²) in [7, 11) is 0. The molecule has 17 heavy (non-hydrogen) atoms. The number of hydrogen-bond donors (Lipinski definition) is 1. The fraction of sp³-hybridized carbons (Fsp3) is 0.600. The number of aryl methyl sites for hydroxylation is 2. The van der Waals surface area contributed by atoms with E-state index >= 15 is 0 Å². The first-order valence-electron chi connectivity index (χ1n) is 6.59. The van der Waals surface area contributed by atoms with Crippen molar-refractivity contribution < 1.29 is 4.39 Å². The molecule has 2 heteroatoms. The molecule has 1 aromatic rings. The van der Waals surface area contributed by atoms with E-state index in [1.165, 1.54) is 17.5 Å². The predicted molar refractivity (Wildman–Crippen MR) is 71.3 cm³/mol. The van der Waals surface area contributed by atoms with Gasteiger partial charge in [0.2, 0.25) is 0 Å². The minimum atomic E-state index is -0.989. The zero-order valence-electron chi connectivity index (χ0n) is 10.9. The first kappa shape index (κ1) is 12.4. The topological polar surface area (TPSA) is 12.0 Å². The summed E-state index contributed by atoms with van der Waals surface area (Å²) in [6.07, 6.45) is 4.68. The van der Waals surface area contributed by atoms with E-state index in [4.69, 9.17) is 0 Å². The highest BCUT2D eigenvalue weighted by Gasteiger charge is 2.31. The van der Waals surface area contributed by atoms with Crippen LogP contribution in [0.4, 0.5) is 10.1 Å². The normalized spacial score (nSPS) is 19.0. The Labute approximate surface area is 103 Å². The molecule has 1 aliphatic rings. The van der Waals surface area contributed by atoms with Crippen molar-refractivity contribution in [2.45, 2.75) is 51.6 Å². The van der Waals surface area contributed by atoms with E-state index in [-0.39, 0.29) is 0 Å². The molecule has 0 bridgehead atoms.